The maximum absolute atomic E-state index is 12.7. The Balaban J connectivity index is 4.55. The van der Waals surface area contributed by atoms with Gasteiger partial charge in [0.25, 0.3) is 6.29 Å². The van der Waals surface area contributed by atoms with E-state index in [4.69, 9.17) is 18.9 Å². The van der Waals surface area contributed by atoms with E-state index >= 15 is 0 Å². The van der Waals surface area contributed by atoms with E-state index < -0.39 is 24.3 Å². The lowest BCUT2D eigenvalue weighted by molar-refractivity contribution is -0.870. The molecule has 9 heteroatoms. The number of esters is 2. The summed E-state index contributed by atoms with van der Waals surface area (Å²) in [4.78, 5) is 37.0. The zero-order valence-corrected chi connectivity index (χ0v) is 35.3. The number of carbonyl (C=O) groups is 3. The summed E-state index contributed by atoms with van der Waals surface area (Å²) in [6.45, 7) is 4.57. The molecular weight excluding hydrogens is 695 g/mol. The molecule has 9 nitrogen and oxygen atoms in total. The number of likely N-dealkylation sites (N-methyl/N-ethyl adjacent to an activating group) is 1. The molecule has 0 aromatic carbocycles. The first-order valence-corrected chi connectivity index (χ1v) is 21.1. The van der Waals surface area contributed by atoms with Crippen LogP contribution in [-0.2, 0) is 33.3 Å². The van der Waals surface area contributed by atoms with Gasteiger partial charge in [0.15, 0.2) is 6.10 Å². The highest BCUT2D eigenvalue weighted by Crippen LogP contribution is 2.12. The molecule has 2 atom stereocenters. The monoisotopic (exact) mass is 773 g/mol. The number of nitrogens with zero attached hydrogens (tertiary/aromatic N) is 1. The largest absolute Gasteiger partial charge is 0.477 e. The molecule has 0 amide bonds. The lowest BCUT2D eigenvalue weighted by Crippen LogP contribution is -2.40. The van der Waals surface area contributed by atoms with E-state index in [0.717, 1.165) is 109 Å². The van der Waals surface area contributed by atoms with Crippen LogP contribution in [0.5, 0.6) is 0 Å². The van der Waals surface area contributed by atoms with Crippen molar-refractivity contribution in [3.05, 3.63) is 72.9 Å². The van der Waals surface area contributed by atoms with E-state index in [0.29, 0.717) is 17.4 Å². The summed E-state index contributed by atoms with van der Waals surface area (Å²) < 4.78 is 22.6. The van der Waals surface area contributed by atoms with Crippen LogP contribution in [0.3, 0.4) is 0 Å². The van der Waals surface area contributed by atoms with Gasteiger partial charge in [-0.25, -0.2) is 4.79 Å². The van der Waals surface area contributed by atoms with E-state index in [1.54, 1.807) is 0 Å². The van der Waals surface area contributed by atoms with E-state index in [1.807, 2.05) is 21.1 Å². The molecule has 0 saturated carbocycles. The predicted molar refractivity (Wildman–Crippen MR) is 226 cm³/mol. The summed E-state index contributed by atoms with van der Waals surface area (Å²) in [5, 5.41) is 9.62. The number of allylic oxidation sites excluding steroid dienone is 12. The third-order valence-corrected chi connectivity index (χ3v) is 8.46. The minimum atomic E-state index is -1.52. The molecule has 0 bridgehead atoms. The molecule has 2 unspecified atom stereocenters. The van der Waals surface area contributed by atoms with E-state index in [2.05, 4.69) is 86.8 Å². The molecule has 0 saturated heterocycles. The number of hydrogen-bond donors (Lipinski definition) is 1. The Bertz CT molecular complexity index is 1130. The number of quaternary nitrogens is 1. The standard InChI is InChI=1S/C46H77NO8/c1-6-8-10-12-14-16-18-20-22-24-26-28-30-32-34-36-43(48)53-40-42(41-54-46(45(50)51)52-39-38-47(3,4)5)55-44(49)37-35-33-31-29-27-25-23-21-19-17-15-13-11-9-7-2/h8-11,14-17,20-23,42,46H,6-7,12-13,18-19,24-41H2,1-5H3/p+1/b10-8-,11-9-,16-14-,17-15-,22-20-,23-21-. The predicted octanol–water partition coefficient (Wildman–Crippen LogP) is 10.8. The normalized spacial score (nSPS) is 13.7. The SMILES string of the molecule is CC/C=C\C/C=C\C/C=C\CCCCCCCC(=O)OCC(COC(OCC[N+](C)(C)C)C(=O)O)OC(=O)CCCCCCC/C=C\C/C=C\C/C=C\CC. The molecule has 0 aliphatic rings. The second-order valence-electron chi connectivity index (χ2n) is 14.9. The van der Waals surface area contributed by atoms with Crippen LogP contribution >= 0.6 is 0 Å². The smallest absolute Gasteiger partial charge is 0.361 e. The third kappa shape index (κ3) is 38.8. The van der Waals surface area contributed by atoms with Crippen LogP contribution in [0.15, 0.2) is 72.9 Å². The molecular formula is C46H78NO8+. The number of aliphatic carboxylic acids is 1. The zero-order valence-electron chi connectivity index (χ0n) is 35.3. The highest BCUT2D eigenvalue weighted by atomic mass is 16.7. The van der Waals surface area contributed by atoms with Crippen molar-refractivity contribution in [3.63, 3.8) is 0 Å². The molecule has 0 rings (SSSR count). The Morgan fingerprint density at radius 2 is 0.982 bits per heavy atom. The number of carboxylic acid groups (broad SMARTS) is 1. The lowest BCUT2D eigenvalue weighted by atomic mass is 10.1. The maximum Gasteiger partial charge on any atom is 0.361 e. The van der Waals surface area contributed by atoms with Crippen molar-refractivity contribution >= 4 is 17.9 Å². The Morgan fingerprint density at radius 1 is 0.545 bits per heavy atom. The average Bonchev–Trinajstić information content (AvgIpc) is 3.14. The number of carboxylic acids is 1. The number of ether oxygens (including phenoxy) is 4. The van der Waals surface area contributed by atoms with Gasteiger partial charge in [0.05, 0.1) is 34.4 Å². The molecule has 0 aromatic heterocycles. The Kier molecular flexibility index (Phi) is 35.4. The molecule has 0 aromatic rings. The van der Waals surface area contributed by atoms with Crippen molar-refractivity contribution in [2.45, 2.75) is 155 Å². The van der Waals surface area contributed by atoms with Crippen LogP contribution in [-0.4, -0.2) is 87.4 Å². The van der Waals surface area contributed by atoms with Crippen LogP contribution in [0.4, 0.5) is 0 Å². The average molecular weight is 773 g/mol. The first kappa shape index (κ1) is 51.7. The van der Waals surface area contributed by atoms with Gasteiger partial charge in [-0.05, 0) is 77.0 Å². The first-order valence-electron chi connectivity index (χ1n) is 21.1. The molecule has 0 heterocycles. The Morgan fingerprint density at radius 3 is 1.45 bits per heavy atom. The highest BCUT2D eigenvalue weighted by Gasteiger charge is 2.25. The first-order chi connectivity index (χ1) is 26.6. The van der Waals surface area contributed by atoms with Gasteiger partial charge in [0.2, 0.25) is 0 Å². The van der Waals surface area contributed by atoms with E-state index in [9.17, 15) is 19.5 Å². The summed E-state index contributed by atoms with van der Waals surface area (Å²) in [6.07, 6.45) is 42.4. The fourth-order valence-electron chi connectivity index (χ4n) is 5.21. The summed E-state index contributed by atoms with van der Waals surface area (Å²) in [5.74, 6) is -2.07. The lowest BCUT2D eigenvalue weighted by Gasteiger charge is -2.25. The molecule has 55 heavy (non-hydrogen) atoms. The molecule has 314 valence electrons. The van der Waals surface area contributed by atoms with Gasteiger partial charge in [-0.1, -0.05) is 125 Å². The van der Waals surface area contributed by atoms with Crippen LogP contribution in [0.2, 0.25) is 0 Å². The van der Waals surface area contributed by atoms with Crippen LogP contribution < -0.4 is 0 Å². The van der Waals surface area contributed by atoms with Gasteiger partial charge in [-0.2, -0.15) is 0 Å². The van der Waals surface area contributed by atoms with Gasteiger partial charge in [-0.3, -0.25) is 9.59 Å². The Hall–Kier alpha value is -3.27. The highest BCUT2D eigenvalue weighted by molar-refractivity contribution is 5.71. The van der Waals surface area contributed by atoms with Gasteiger partial charge in [0.1, 0.15) is 13.2 Å². The van der Waals surface area contributed by atoms with Gasteiger partial charge in [-0.15, -0.1) is 0 Å². The number of unbranched alkanes of at least 4 members (excludes halogenated alkanes) is 10. The third-order valence-electron chi connectivity index (χ3n) is 8.46. The van der Waals surface area contributed by atoms with Gasteiger partial charge in [0, 0.05) is 12.8 Å². The molecule has 0 fully saturated rings. The maximum atomic E-state index is 12.7. The second-order valence-corrected chi connectivity index (χ2v) is 14.9. The molecule has 0 aliphatic heterocycles. The summed E-state index contributed by atoms with van der Waals surface area (Å²) >= 11 is 0. The van der Waals surface area contributed by atoms with Crippen LogP contribution in [0.25, 0.3) is 0 Å². The fraction of sp³-hybridized carbons (Fsp3) is 0.674. The topological polar surface area (TPSA) is 108 Å². The Labute approximate surface area is 335 Å². The molecule has 0 spiro atoms. The van der Waals surface area contributed by atoms with Crippen LogP contribution in [0.1, 0.15) is 142 Å². The second kappa shape index (κ2) is 37.6. The number of hydrogen-bond acceptors (Lipinski definition) is 7. The molecule has 1 N–H and O–H groups in total. The summed E-state index contributed by atoms with van der Waals surface area (Å²) in [7, 11) is 5.93. The van der Waals surface area contributed by atoms with Crippen molar-refractivity contribution in [2.75, 3.05) is 47.5 Å². The van der Waals surface area contributed by atoms with E-state index in [-0.39, 0.29) is 38.6 Å². The van der Waals surface area contributed by atoms with Crippen molar-refractivity contribution in [2.24, 2.45) is 0 Å². The van der Waals surface area contributed by atoms with Crippen molar-refractivity contribution < 1.29 is 42.9 Å². The van der Waals surface area contributed by atoms with Crippen molar-refractivity contribution in [1.82, 2.24) is 0 Å². The minimum Gasteiger partial charge on any atom is -0.477 e. The number of carbonyl (C=O) groups excluding carboxylic acids is 2. The summed E-state index contributed by atoms with van der Waals surface area (Å²) in [6, 6.07) is 0. The van der Waals surface area contributed by atoms with Crippen molar-refractivity contribution in [1.29, 1.82) is 0 Å². The van der Waals surface area contributed by atoms with E-state index in [1.165, 1.54) is 0 Å². The number of rotatable bonds is 37. The minimum absolute atomic E-state index is 0.177. The van der Waals surface area contributed by atoms with Gasteiger partial charge < -0.3 is 28.5 Å². The quantitative estimate of drug-likeness (QED) is 0.0219. The molecule has 0 radical (unpaired) electrons. The van der Waals surface area contributed by atoms with Gasteiger partial charge >= 0.3 is 17.9 Å². The van der Waals surface area contributed by atoms with Crippen LogP contribution in [0, 0.1) is 0 Å². The fourth-order valence-corrected chi connectivity index (χ4v) is 5.21. The van der Waals surface area contributed by atoms with Crippen molar-refractivity contribution in [3.8, 4) is 0 Å². The zero-order chi connectivity index (χ0) is 40.7. The summed E-state index contributed by atoms with van der Waals surface area (Å²) in [5.41, 5.74) is 0. The molecule has 0 aliphatic carbocycles.